The van der Waals surface area contributed by atoms with Gasteiger partial charge in [0.25, 0.3) is 0 Å². The molecule has 2 aromatic carbocycles. The average molecular weight is 389 g/mol. The highest BCUT2D eigenvalue weighted by Gasteiger charge is 2.39. The highest BCUT2D eigenvalue weighted by molar-refractivity contribution is 5.66. The minimum Gasteiger partial charge on any atom is -0.492 e. The fourth-order valence-corrected chi connectivity index (χ4v) is 3.21. The summed E-state index contributed by atoms with van der Waals surface area (Å²) in [4.78, 5) is 4.18. The van der Waals surface area contributed by atoms with Gasteiger partial charge in [0, 0.05) is 18.9 Å². The van der Waals surface area contributed by atoms with Gasteiger partial charge in [-0.2, -0.15) is 0 Å². The number of aromatic nitrogens is 2. The molecule has 5 nitrogen and oxygen atoms in total. The van der Waals surface area contributed by atoms with Crippen LogP contribution in [0, 0.1) is 0 Å². The van der Waals surface area contributed by atoms with Gasteiger partial charge in [-0.05, 0) is 48.6 Å². The Morgan fingerprint density at radius 1 is 1.14 bits per heavy atom. The van der Waals surface area contributed by atoms with E-state index in [-0.39, 0.29) is 5.54 Å². The van der Waals surface area contributed by atoms with Crippen LogP contribution in [0.1, 0.15) is 37.3 Å². The fourth-order valence-electron chi connectivity index (χ4n) is 3.21. The van der Waals surface area contributed by atoms with Gasteiger partial charge in [-0.1, -0.05) is 48.6 Å². The van der Waals surface area contributed by atoms with Crippen LogP contribution in [-0.4, -0.2) is 26.8 Å². The molecule has 5 heteroatoms. The molecule has 150 valence electrons. The van der Waals surface area contributed by atoms with Crippen LogP contribution in [0.3, 0.4) is 0 Å². The summed E-state index contributed by atoms with van der Waals surface area (Å²) in [5.41, 5.74) is 9.41. The highest BCUT2D eigenvalue weighted by atomic mass is 16.5. The number of allylic oxidation sites excluding steroid dienone is 1. The van der Waals surface area contributed by atoms with Crippen LogP contribution in [0.2, 0.25) is 0 Å². The molecule has 3 aromatic rings. The van der Waals surface area contributed by atoms with E-state index >= 15 is 0 Å². The Morgan fingerprint density at radius 2 is 1.79 bits per heavy atom. The number of hydrogen-bond donors (Lipinski definition) is 2. The lowest BCUT2D eigenvalue weighted by Gasteiger charge is -2.11. The molecule has 1 aliphatic rings. The number of nitrogens with two attached hydrogens (primary N) is 1. The molecule has 3 N–H and O–H groups in total. The maximum atomic E-state index is 9.71. The van der Waals surface area contributed by atoms with Crippen LogP contribution in [0.4, 0.5) is 0 Å². The topological polar surface area (TPSA) is 73.3 Å². The Kier molecular flexibility index (Phi) is 5.51. The molecule has 0 radical (unpaired) electrons. The molecule has 29 heavy (non-hydrogen) atoms. The van der Waals surface area contributed by atoms with Crippen molar-refractivity contribution < 1.29 is 9.84 Å². The van der Waals surface area contributed by atoms with E-state index in [9.17, 15) is 5.11 Å². The number of aliphatic hydroxyl groups excluding tert-OH is 1. The van der Waals surface area contributed by atoms with Crippen LogP contribution in [0.15, 0.2) is 67.0 Å². The van der Waals surface area contributed by atoms with E-state index in [2.05, 4.69) is 53.5 Å². The summed E-state index contributed by atoms with van der Waals surface area (Å²) in [6.45, 7) is 2.99. The number of benzene rings is 2. The predicted octanol–water partition coefficient (Wildman–Crippen LogP) is 4.19. The summed E-state index contributed by atoms with van der Waals surface area (Å²) in [5, 5.41) is 9.71. The van der Waals surface area contributed by atoms with Crippen LogP contribution < -0.4 is 10.5 Å². The van der Waals surface area contributed by atoms with Crippen molar-refractivity contribution in [1.29, 1.82) is 0 Å². The zero-order chi connectivity index (χ0) is 20.3. The van der Waals surface area contributed by atoms with Crippen molar-refractivity contribution in [3.8, 4) is 16.9 Å². The quantitative estimate of drug-likeness (QED) is 0.606. The van der Waals surface area contributed by atoms with Crippen LogP contribution in [-0.2, 0) is 6.54 Å². The molecule has 1 heterocycles. The molecule has 0 amide bonds. The fraction of sp³-hybridized carbons (Fsp3) is 0.292. The molecule has 0 unspecified atom stereocenters. The van der Waals surface area contributed by atoms with Crippen molar-refractivity contribution in [2.45, 2.75) is 38.0 Å². The van der Waals surface area contributed by atoms with Crippen molar-refractivity contribution >= 4 is 6.08 Å². The minimum atomic E-state index is -0.570. The first-order valence-electron chi connectivity index (χ1n) is 10.0. The Balaban J connectivity index is 1.35. The molecule has 0 aliphatic heterocycles. The molecule has 0 saturated heterocycles. The largest absolute Gasteiger partial charge is 0.492 e. The maximum absolute atomic E-state index is 9.71. The van der Waals surface area contributed by atoms with Crippen LogP contribution in [0.25, 0.3) is 17.2 Å². The molecule has 0 bridgehead atoms. The third-order valence-electron chi connectivity index (χ3n) is 5.25. The first kappa shape index (κ1) is 19.4. The molecule has 0 spiro atoms. The second kappa shape index (κ2) is 8.23. The van der Waals surface area contributed by atoms with Crippen LogP contribution in [0.5, 0.6) is 5.75 Å². The van der Waals surface area contributed by atoms with E-state index in [0.29, 0.717) is 19.0 Å². The number of imidazole rings is 1. The zero-order valence-corrected chi connectivity index (χ0v) is 16.7. The monoisotopic (exact) mass is 389 g/mol. The van der Waals surface area contributed by atoms with Gasteiger partial charge in [0.1, 0.15) is 24.3 Å². The standard InChI is InChI=1S/C24H27N3O2/c1-18(28)23-26-14-16-27(23)15-2-3-19-4-6-20(7-5-19)21-8-10-22(11-9-21)29-17-24(25)12-13-24/h2-11,14,16,18,28H,12-13,15,17,25H2,1H3/b3-2+/t18-/m0/s1. The van der Waals surface area contributed by atoms with Crippen molar-refractivity contribution in [1.82, 2.24) is 9.55 Å². The normalized spacial score (nSPS) is 16.1. The smallest absolute Gasteiger partial charge is 0.137 e. The Labute approximate surface area is 171 Å². The highest BCUT2D eigenvalue weighted by Crippen LogP contribution is 2.33. The predicted molar refractivity (Wildman–Crippen MR) is 115 cm³/mol. The first-order chi connectivity index (χ1) is 14.0. The molecule has 4 rings (SSSR count). The summed E-state index contributed by atoms with van der Waals surface area (Å²) in [6, 6.07) is 16.6. The maximum Gasteiger partial charge on any atom is 0.137 e. The second-order valence-corrected chi connectivity index (χ2v) is 7.81. The molecular formula is C24H27N3O2. The Bertz CT molecular complexity index is 968. The first-order valence-corrected chi connectivity index (χ1v) is 10.0. The van der Waals surface area contributed by atoms with Crippen molar-refractivity contribution in [3.63, 3.8) is 0 Å². The lowest BCUT2D eigenvalue weighted by Crippen LogP contribution is -2.29. The summed E-state index contributed by atoms with van der Waals surface area (Å²) in [5.74, 6) is 1.54. The summed E-state index contributed by atoms with van der Waals surface area (Å²) >= 11 is 0. The molecule has 1 aliphatic carbocycles. The van der Waals surface area contributed by atoms with Gasteiger partial charge >= 0.3 is 0 Å². The van der Waals surface area contributed by atoms with E-state index < -0.39 is 6.10 Å². The summed E-state index contributed by atoms with van der Waals surface area (Å²) in [7, 11) is 0. The third-order valence-corrected chi connectivity index (χ3v) is 5.25. The van der Waals surface area contributed by atoms with E-state index in [1.165, 1.54) is 0 Å². The summed E-state index contributed by atoms with van der Waals surface area (Å²) in [6.07, 6.45) is 9.26. The number of rotatable bonds is 8. The Morgan fingerprint density at radius 3 is 2.41 bits per heavy atom. The van der Waals surface area contributed by atoms with Crippen LogP contribution >= 0.6 is 0 Å². The number of nitrogens with zero attached hydrogens (tertiary/aromatic N) is 2. The van der Waals surface area contributed by atoms with E-state index in [4.69, 9.17) is 10.5 Å². The van der Waals surface area contributed by atoms with Gasteiger partial charge in [-0.3, -0.25) is 0 Å². The zero-order valence-electron chi connectivity index (χ0n) is 16.7. The number of ether oxygens (including phenoxy) is 1. The van der Waals surface area contributed by atoms with Crippen molar-refractivity contribution in [3.05, 3.63) is 78.4 Å². The van der Waals surface area contributed by atoms with E-state index in [0.717, 1.165) is 35.3 Å². The van der Waals surface area contributed by atoms with Gasteiger partial charge in [0.2, 0.25) is 0 Å². The molecule has 1 saturated carbocycles. The van der Waals surface area contributed by atoms with Crippen molar-refractivity contribution in [2.75, 3.05) is 6.61 Å². The van der Waals surface area contributed by atoms with Gasteiger partial charge in [0.15, 0.2) is 0 Å². The van der Waals surface area contributed by atoms with Gasteiger partial charge in [-0.25, -0.2) is 4.98 Å². The van der Waals surface area contributed by atoms with Gasteiger partial charge in [-0.15, -0.1) is 0 Å². The minimum absolute atomic E-state index is 0.0994. The van der Waals surface area contributed by atoms with Gasteiger partial charge in [0.05, 0.1) is 5.54 Å². The third kappa shape index (κ3) is 4.94. The lowest BCUT2D eigenvalue weighted by molar-refractivity contribution is 0.184. The summed E-state index contributed by atoms with van der Waals surface area (Å²) < 4.78 is 7.72. The number of hydrogen-bond acceptors (Lipinski definition) is 4. The molecule has 1 atom stereocenters. The molecule has 1 aromatic heterocycles. The van der Waals surface area contributed by atoms with Crippen molar-refractivity contribution in [2.24, 2.45) is 5.73 Å². The molecular weight excluding hydrogens is 362 g/mol. The number of aliphatic hydroxyl groups is 1. The van der Waals surface area contributed by atoms with E-state index in [1.54, 1.807) is 13.1 Å². The van der Waals surface area contributed by atoms with E-state index in [1.807, 2.05) is 22.9 Å². The molecule has 1 fully saturated rings. The SMILES string of the molecule is C[C@H](O)c1nccn1C/C=C/c1ccc(-c2ccc(OCC3(N)CC3)cc2)cc1. The van der Waals surface area contributed by atoms with Gasteiger partial charge < -0.3 is 20.1 Å². The Hall–Kier alpha value is -2.89. The average Bonchev–Trinajstić information content (AvgIpc) is 3.28. The second-order valence-electron chi connectivity index (χ2n) is 7.81. The lowest BCUT2D eigenvalue weighted by atomic mass is 10.0.